The molecule has 0 atom stereocenters. The highest BCUT2D eigenvalue weighted by Gasteiger charge is 2.15. The number of benzene rings is 1. The van der Waals surface area contributed by atoms with E-state index in [9.17, 15) is 4.79 Å². The molecule has 27 heavy (non-hydrogen) atoms. The van der Waals surface area contributed by atoms with Gasteiger partial charge in [-0.1, -0.05) is 36.8 Å². The molecule has 1 amide bonds. The lowest BCUT2D eigenvalue weighted by atomic mass is 10.0. The maximum Gasteiger partial charge on any atom is 0.263 e. The number of amides is 1. The first kappa shape index (κ1) is 18.3. The molecule has 1 N–H and O–H groups in total. The standard InChI is InChI=1S/C21H23N3OS2/c25-20(19-14-23-21(27-19)18-9-6-12-26-18)22-13-16-7-2-3-8-17(16)15-24-10-4-1-5-11-24/h2-3,6-9,12,14H,1,4-5,10-11,13,15H2,(H,22,25). The first-order chi connectivity index (χ1) is 13.3. The minimum atomic E-state index is -0.0527. The van der Waals surface area contributed by atoms with Crippen LogP contribution in [0.2, 0.25) is 0 Å². The number of aromatic nitrogens is 1. The Kier molecular flexibility index (Phi) is 5.97. The number of carbonyl (C=O) groups excluding carboxylic acids is 1. The van der Waals surface area contributed by atoms with Crippen LogP contribution in [0.1, 0.15) is 40.1 Å². The van der Waals surface area contributed by atoms with Crippen molar-refractivity contribution in [1.82, 2.24) is 15.2 Å². The van der Waals surface area contributed by atoms with E-state index in [-0.39, 0.29) is 5.91 Å². The summed E-state index contributed by atoms with van der Waals surface area (Å²) < 4.78 is 0. The summed E-state index contributed by atoms with van der Waals surface area (Å²) in [6.07, 6.45) is 5.60. The molecule has 1 fully saturated rings. The number of nitrogens with one attached hydrogen (secondary N) is 1. The summed E-state index contributed by atoms with van der Waals surface area (Å²) in [6.45, 7) is 3.87. The van der Waals surface area contributed by atoms with Crippen molar-refractivity contribution in [2.24, 2.45) is 0 Å². The van der Waals surface area contributed by atoms with Crippen LogP contribution in [0.4, 0.5) is 0 Å². The zero-order valence-electron chi connectivity index (χ0n) is 15.2. The summed E-state index contributed by atoms with van der Waals surface area (Å²) in [4.78, 5) is 21.2. The molecule has 0 unspecified atom stereocenters. The number of thiophene rings is 1. The highest BCUT2D eigenvalue weighted by atomic mass is 32.1. The van der Waals surface area contributed by atoms with Gasteiger partial charge in [0.05, 0.1) is 11.1 Å². The Balaban J connectivity index is 1.39. The predicted octanol–water partition coefficient (Wildman–Crippen LogP) is 4.79. The molecule has 3 aromatic rings. The normalized spacial score (nSPS) is 15.0. The van der Waals surface area contributed by atoms with Crippen LogP contribution >= 0.6 is 22.7 Å². The number of hydrogen-bond donors (Lipinski definition) is 1. The molecule has 1 aromatic carbocycles. The molecular weight excluding hydrogens is 374 g/mol. The number of thiazole rings is 1. The van der Waals surface area contributed by atoms with E-state index in [0.717, 1.165) is 16.4 Å². The molecule has 140 valence electrons. The fourth-order valence-electron chi connectivity index (χ4n) is 3.40. The maximum atomic E-state index is 12.6. The number of piperidine rings is 1. The van der Waals surface area contributed by atoms with Crippen molar-refractivity contribution in [3.05, 3.63) is 64.0 Å². The van der Waals surface area contributed by atoms with Crippen molar-refractivity contribution in [1.29, 1.82) is 0 Å². The third-order valence-corrected chi connectivity index (χ3v) is 6.90. The van der Waals surface area contributed by atoms with Gasteiger partial charge >= 0.3 is 0 Å². The fraction of sp³-hybridized carbons (Fsp3) is 0.333. The monoisotopic (exact) mass is 397 g/mol. The Morgan fingerprint density at radius 3 is 2.67 bits per heavy atom. The number of likely N-dealkylation sites (tertiary alicyclic amines) is 1. The molecular formula is C21H23N3OS2. The van der Waals surface area contributed by atoms with Gasteiger partial charge in [-0.05, 0) is 48.5 Å². The average molecular weight is 398 g/mol. The SMILES string of the molecule is O=C(NCc1ccccc1CN1CCCCC1)c1cnc(-c2cccs2)s1. The molecule has 0 spiro atoms. The summed E-state index contributed by atoms with van der Waals surface area (Å²) in [5.74, 6) is -0.0527. The smallest absolute Gasteiger partial charge is 0.263 e. The van der Waals surface area contributed by atoms with Crippen molar-refractivity contribution in [2.75, 3.05) is 13.1 Å². The Hall–Kier alpha value is -2.02. The number of rotatable bonds is 6. The van der Waals surface area contributed by atoms with Crippen LogP contribution in [0.25, 0.3) is 9.88 Å². The van der Waals surface area contributed by atoms with Gasteiger partial charge in [-0.3, -0.25) is 9.69 Å². The third kappa shape index (κ3) is 4.64. The molecule has 2 aromatic heterocycles. The van der Waals surface area contributed by atoms with Crippen molar-refractivity contribution in [2.45, 2.75) is 32.4 Å². The lowest BCUT2D eigenvalue weighted by molar-refractivity contribution is 0.0954. The van der Waals surface area contributed by atoms with Gasteiger partial charge in [0.15, 0.2) is 0 Å². The van der Waals surface area contributed by atoms with Gasteiger partial charge in [0.25, 0.3) is 5.91 Å². The maximum absolute atomic E-state index is 12.6. The van der Waals surface area contributed by atoms with Crippen molar-refractivity contribution in [3.63, 3.8) is 0 Å². The van der Waals surface area contributed by atoms with E-state index in [1.165, 1.54) is 54.8 Å². The largest absolute Gasteiger partial charge is 0.347 e. The quantitative estimate of drug-likeness (QED) is 0.651. The molecule has 1 aliphatic rings. The first-order valence-corrected chi connectivity index (χ1v) is 11.1. The first-order valence-electron chi connectivity index (χ1n) is 9.36. The van der Waals surface area contributed by atoms with Gasteiger partial charge in [0.1, 0.15) is 9.88 Å². The Bertz CT molecular complexity index is 882. The van der Waals surface area contributed by atoms with Crippen LogP contribution in [0, 0.1) is 0 Å². The second-order valence-electron chi connectivity index (χ2n) is 6.80. The van der Waals surface area contributed by atoms with E-state index < -0.39 is 0 Å². The highest BCUT2D eigenvalue weighted by Crippen LogP contribution is 2.28. The molecule has 0 aliphatic carbocycles. The Morgan fingerprint density at radius 2 is 1.89 bits per heavy atom. The topological polar surface area (TPSA) is 45.2 Å². The highest BCUT2D eigenvalue weighted by molar-refractivity contribution is 7.21. The van der Waals surface area contributed by atoms with E-state index in [2.05, 4.69) is 33.4 Å². The van der Waals surface area contributed by atoms with E-state index >= 15 is 0 Å². The van der Waals surface area contributed by atoms with Gasteiger partial charge < -0.3 is 5.32 Å². The Labute approximate surface area is 167 Å². The summed E-state index contributed by atoms with van der Waals surface area (Å²) in [5.41, 5.74) is 2.50. The summed E-state index contributed by atoms with van der Waals surface area (Å²) in [5, 5.41) is 5.99. The molecule has 4 rings (SSSR count). The van der Waals surface area contributed by atoms with E-state index in [4.69, 9.17) is 0 Å². The summed E-state index contributed by atoms with van der Waals surface area (Å²) >= 11 is 3.09. The molecule has 1 saturated heterocycles. The predicted molar refractivity (Wildman–Crippen MR) is 112 cm³/mol. The molecule has 0 bridgehead atoms. The second kappa shape index (κ2) is 8.78. The fourth-order valence-corrected chi connectivity index (χ4v) is 5.03. The minimum absolute atomic E-state index is 0.0527. The van der Waals surface area contributed by atoms with E-state index in [1.807, 2.05) is 23.6 Å². The van der Waals surface area contributed by atoms with Crippen LogP contribution in [-0.4, -0.2) is 28.9 Å². The molecule has 0 saturated carbocycles. The van der Waals surface area contributed by atoms with Crippen LogP contribution in [-0.2, 0) is 13.1 Å². The number of hydrogen-bond acceptors (Lipinski definition) is 5. The summed E-state index contributed by atoms with van der Waals surface area (Å²) in [7, 11) is 0. The van der Waals surface area contributed by atoms with Gasteiger partial charge in [-0.15, -0.1) is 22.7 Å². The van der Waals surface area contributed by atoms with Gasteiger partial charge in [0, 0.05) is 13.1 Å². The van der Waals surface area contributed by atoms with Crippen LogP contribution in [0.15, 0.2) is 48.0 Å². The van der Waals surface area contributed by atoms with Crippen molar-refractivity contribution >= 4 is 28.6 Å². The van der Waals surface area contributed by atoms with Crippen molar-refractivity contribution in [3.8, 4) is 9.88 Å². The van der Waals surface area contributed by atoms with Crippen LogP contribution < -0.4 is 5.32 Å². The molecule has 6 heteroatoms. The zero-order valence-corrected chi connectivity index (χ0v) is 16.8. The average Bonchev–Trinajstić information content (AvgIpc) is 3.39. The molecule has 3 heterocycles. The van der Waals surface area contributed by atoms with E-state index in [1.54, 1.807) is 17.5 Å². The zero-order chi connectivity index (χ0) is 18.5. The molecule has 0 radical (unpaired) electrons. The van der Waals surface area contributed by atoms with Gasteiger partial charge in [-0.25, -0.2) is 4.98 Å². The number of carbonyl (C=O) groups is 1. The summed E-state index contributed by atoms with van der Waals surface area (Å²) in [6, 6.07) is 12.5. The van der Waals surface area contributed by atoms with Gasteiger partial charge in [-0.2, -0.15) is 0 Å². The van der Waals surface area contributed by atoms with Crippen molar-refractivity contribution < 1.29 is 4.79 Å². The minimum Gasteiger partial charge on any atom is -0.347 e. The van der Waals surface area contributed by atoms with Crippen LogP contribution in [0.5, 0.6) is 0 Å². The Morgan fingerprint density at radius 1 is 1.07 bits per heavy atom. The van der Waals surface area contributed by atoms with Gasteiger partial charge in [0.2, 0.25) is 0 Å². The second-order valence-corrected chi connectivity index (χ2v) is 8.77. The number of nitrogens with zero attached hydrogens (tertiary/aromatic N) is 2. The molecule has 1 aliphatic heterocycles. The molecule has 4 nitrogen and oxygen atoms in total. The van der Waals surface area contributed by atoms with Crippen LogP contribution in [0.3, 0.4) is 0 Å². The lowest BCUT2D eigenvalue weighted by Gasteiger charge is -2.27. The lowest BCUT2D eigenvalue weighted by Crippen LogP contribution is -2.30. The van der Waals surface area contributed by atoms with E-state index in [0.29, 0.717) is 11.4 Å². The third-order valence-electron chi connectivity index (χ3n) is 4.86.